The number of rotatable bonds is 1. The van der Waals surface area contributed by atoms with Crippen LogP contribution in [-0.2, 0) is 6.42 Å². The first kappa shape index (κ1) is 11.8. The van der Waals surface area contributed by atoms with Gasteiger partial charge in [0.15, 0.2) is 0 Å². The first-order valence-electron chi connectivity index (χ1n) is 7.22. The molecule has 96 valence electrons. The minimum atomic E-state index is 0.728. The normalized spacial score (nSPS) is 23.0. The van der Waals surface area contributed by atoms with Gasteiger partial charge in [0.2, 0.25) is 0 Å². The Morgan fingerprint density at radius 3 is 2.61 bits per heavy atom. The van der Waals surface area contributed by atoms with Crippen LogP contribution in [0.2, 0.25) is 0 Å². The standard InChI is InChI=1S/C16H21NO/c18-17-16-8-4-7-13-9-10-14(11-15(13)16)12-5-2-1-3-6-12/h9-12,18H,1-8H2/b17-16-. The first-order chi connectivity index (χ1) is 8.88. The van der Waals surface area contributed by atoms with Gasteiger partial charge in [-0.1, -0.05) is 36.6 Å². The second-order valence-electron chi connectivity index (χ2n) is 5.65. The van der Waals surface area contributed by atoms with Gasteiger partial charge in [-0.2, -0.15) is 0 Å². The Balaban J connectivity index is 1.93. The quantitative estimate of drug-likeness (QED) is 0.580. The highest BCUT2D eigenvalue weighted by Gasteiger charge is 2.20. The molecule has 2 aliphatic carbocycles. The molecule has 0 aromatic heterocycles. The Bertz CT molecular complexity index is 458. The Labute approximate surface area is 109 Å². The van der Waals surface area contributed by atoms with Crippen molar-refractivity contribution in [2.75, 3.05) is 0 Å². The van der Waals surface area contributed by atoms with E-state index in [4.69, 9.17) is 5.21 Å². The van der Waals surface area contributed by atoms with E-state index in [1.54, 1.807) is 0 Å². The summed E-state index contributed by atoms with van der Waals surface area (Å²) in [5.41, 5.74) is 4.89. The predicted molar refractivity (Wildman–Crippen MR) is 73.5 cm³/mol. The fourth-order valence-corrected chi connectivity index (χ4v) is 3.46. The molecule has 1 aromatic carbocycles. The van der Waals surface area contributed by atoms with E-state index in [-0.39, 0.29) is 0 Å². The van der Waals surface area contributed by atoms with Crippen LogP contribution in [0, 0.1) is 0 Å². The average molecular weight is 243 g/mol. The molecule has 0 amide bonds. The lowest BCUT2D eigenvalue weighted by molar-refractivity contribution is 0.317. The molecule has 0 radical (unpaired) electrons. The van der Waals surface area contributed by atoms with E-state index in [0.29, 0.717) is 0 Å². The van der Waals surface area contributed by atoms with Gasteiger partial charge in [-0.05, 0) is 55.2 Å². The lowest BCUT2D eigenvalue weighted by Gasteiger charge is -2.24. The van der Waals surface area contributed by atoms with Crippen molar-refractivity contribution in [3.63, 3.8) is 0 Å². The molecule has 1 aromatic rings. The van der Waals surface area contributed by atoms with E-state index in [2.05, 4.69) is 23.4 Å². The second kappa shape index (κ2) is 5.13. The number of hydrogen-bond donors (Lipinski definition) is 1. The van der Waals surface area contributed by atoms with Crippen LogP contribution in [0.3, 0.4) is 0 Å². The summed E-state index contributed by atoms with van der Waals surface area (Å²) in [5, 5.41) is 12.6. The van der Waals surface area contributed by atoms with Gasteiger partial charge in [-0.15, -0.1) is 0 Å². The van der Waals surface area contributed by atoms with Gasteiger partial charge in [0, 0.05) is 5.56 Å². The van der Waals surface area contributed by atoms with Crippen LogP contribution < -0.4 is 0 Å². The van der Waals surface area contributed by atoms with Crippen LogP contribution in [-0.4, -0.2) is 10.9 Å². The first-order valence-corrected chi connectivity index (χ1v) is 7.22. The van der Waals surface area contributed by atoms with Gasteiger partial charge < -0.3 is 5.21 Å². The van der Waals surface area contributed by atoms with Crippen LogP contribution >= 0.6 is 0 Å². The Morgan fingerprint density at radius 2 is 1.83 bits per heavy atom. The van der Waals surface area contributed by atoms with Gasteiger partial charge in [0.05, 0.1) is 5.71 Å². The third-order valence-corrected chi connectivity index (χ3v) is 4.50. The molecule has 0 bridgehead atoms. The second-order valence-corrected chi connectivity index (χ2v) is 5.65. The molecule has 18 heavy (non-hydrogen) atoms. The van der Waals surface area contributed by atoms with Crippen LogP contribution in [0.15, 0.2) is 23.4 Å². The Hall–Kier alpha value is -1.31. The molecule has 2 heteroatoms. The summed E-state index contributed by atoms with van der Waals surface area (Å²) in [4.78, 5) is 0. The molecule has 0 aliphatic heterocycles. The summed E-state index contributed by atoms with van der Waals surface area (Å²) in [7, 11) is 0. The highest BCUT2D eigenvalue weighted by molar-refractivity contribution is 6.02. The maximum Gasteiger partial charge on any atom is 0.0870 e. The summed E-state index contributed by atoms with van der Waals surface area (Å²) < 4.78 is 0. The number of oxime groups is 1. The van der Waals surface area contributed by atoms with Crippen LogP contribution in [0.25, 0.3) is 0 Å². The molecule has 2 nitrogen and oxygen atoms in total. The van der Waals surface area contributed by atoms with Crippen molar-refractivity contribution in [3.8, 4) is 0 Å². The zero-order valence-electron chi connectivity index (χ0n) is 10.9. The molecule has 0 spiro atoms. The zero-order chi connectivity index (χ0) is 12.4. The smallest absolute Gasteiger partial charge is 0.0870 e. The molecule has 0 heterocycles. The molecular weight excluding hydrogens is 222 g/mol. The molecule has 1 N–H and O–H groups in total. The zero-order valence-corrected chi connectivity index (χ0v) is 10.9. The van der Waals surface area contributed by atoms with Gasteiger partial charge in [-0.25, -0.2) is 0 Å². The van der Waals surface area contributed by atoms with E-state index in [1.165, 1.54) is 48.8 Å². The monoisotopic (exact) mass is 243 g/mol. The van der Waals surface area contributed by atoms with Crippen molar-refractivity contribution in [2.45, 2.75) is 57.3 Å². The maximum atomic E-state index is 9.13. The molecule has 0 unspecified atom stereocenters. The number of aryl methyl sites for hydroxylation is 1. The predicted octanol–water partition coefficient (Wildman–Crippen LogP) is 4.25. The minimum Gasteiger partial charge on any atom is -0.411 e. The number of fused-ring (bicyclic) bond motifs is 1. The van der Waals surface area contributed by atoms with Gasteiger partial charge in [-0.3, -0.25) is 0 Å². The molecule has 0 saturated heterocycles. The number of hydrogen-bond acceptors (Lipinski definition) is 2. The molecule has 2 aliphatic rings. The summed E-state index contributed by atoms with van der Waals surface area (Å²) >= 11 is 0. The average Bonchev–Trinajstić information content (AvgIpc) is 2.47. The minimum absolute atomic E-state index is 0.728. The largest absolute Gasteiger partial charge is 0.411 e. The molecular formula is C16H21NO. The molecule has 0 atom stereocenters. The van der Waals surface area contributed by atoms with Crippen molar-refractivity contribution in [1.82, 2.24) is 0 Å². The maximum absolute atomic E-state index is 9.13. The lowest BCUT2D eigenvalue weighted by Crippen LogP contribution is -2.14. The van der Waals surface area contributed by atoms with Crippen LogP contribution in [0.4, 0.5) is 0 Å². The van der Waals surface area contributed by atoms with E-state index >= 15 is 0 Å². The van der Waals surface area contributed by atoms with Crippen molar-refractivity contribution in [1.29, 1.82) is 0 Å². The van der Waals surface area contributed by atoms with E-state index < -0.39 is 0 Å². The van der Waals surface area contributed by atoms with Crippen molar-refractivity contribution >= 4 is 5.71 Å². The fourth-order valence-electron chi connectivity index (χ4n) is 3.46. The Morgan fingerprint density at radius 1 is 1.00 bits per heavy atom. The lowest BCUT2D eigenvalue weighted by atomic mass is 9.81. The number of nitrogens with zero attached hydrogens (tertiary/aromatic N) is 1. The van der Waals surface area contributed by atoms with E-state index in [0.717, 1.165) is 30.9 Å². The summed E-state index contributed by atoms with van der Waals surface area (Å²) in [6.07, 6.45) is 9.91. The highest BCUT2D eigenvalue weighted by atomic mass is 16.4. The topological polar surface area (TPSA) is 32.6 Å². The molecule has 3 rings (SSSR count). The molecule has 1 saturated carbocycles. The van der Waals surface area contributed by atoms with E-state index in [9.17, 15) is 0 Å². The molecule has 1 fully saturated rings. The van der Waals surface area contributed by atoms with Gasteiger partial charge in [0.25, 0.3) is 0 Å². The van der Waals surface area contributed by atoms with Gasteiger partial charge >= 0.3 is 0 Å². The summed E-state index contributed by atoms with van der Waals surface area (Å²) in [6.45, 7) is 0. The van der Waals surface area contributed by atoms with E-state index in [1.807, 2.05) is 0 Å². The van der Waals surface area contributed by atoms with Crippen LogP contribution in [0.5, 0.6) is 0 Å². The third-order valence-electron chi connectivity index (χ3n) is 4.50. The van der Waals surface area contributed by atoms with Crippen molar-refractivity contribution < 1.29 is 5.21 Å². The summed E-state index contributed by atoms with van der Waals surface area (Å²) in [5.74, 6) is 0.728. The highest BCUT2D eigenvalue weighted by Crippen LogP contribution is 2.34. The summed E-state index contributed by atoms with van der Waals surface area (Å²) in [6, 6.07) is 6.85. The number of benzene rings is 1. The Kier molecular flexibility index (Phi) is 3.35. The van der Waals surface area contributed by atoms with Crippen LogP contribution in [0.1, 0.15) is 67.6 Å². The van der Waals surface area contributed by atoms with Crippen molar-refractivity contribution in [3.05, 3.63) is 34.9 Å². The SMILES string of the molecule is O/N=C1/CCCc2ccc(C3CCCCC3)cc21. The van der Waals surface area contributed by atoms with Crippen molar-refractivity contribution in [2.24, 2.45) is 5.16 Å². The van der Waals surface area contributed by atoms with Gasteiger partial charge in [0.1, 0.15) is 0 Å². The third kappa shape index (κ3) is 2.16. The fraction of sp³-hybridized carbons (Fsp3) is 0.562.